The van der Waals surface area contributed by atoms with Crippen LogP contribution in [0.4, 0.5) is 10.5 Å². The standard InChI is InChI=1S/C25H28N4O4/c1-2-25(18-11-5-3-6-12-18)23(32)29(24(33)27-25)17-21(30)26-20-14-8-7-13-19(20)22(31)28-15-9-4-10-16-28/h3,5-8,11-14H,2,4,9-10,15-17H2,1H3,(H,26,30)(H,27,33)/t25-/m0/s1. The lowest BCUT2D eigenvalue weighted by molar-refractivity contribution is -0.134. The molecule has 1 atom stereocenters. The molecule has 2 fully saturated rings. The Bertz CT molecular complexity index is 1070. The van der Waals surface area contributed by atoms with E-state index in [1.807, 2.05) is 13.0 Å². The van der Waals surface area contributed by atoms with Crippen LogP contribution in [-0.4, -0.2) is 53.2 Å². The van der Waals surface area contributed by atoms with E-state index in [0.717, 1.165) is 24.2 Å². The van der Waals surface area contributed by atoms with Crippen LogP contribution in [0.5, 0.6) is 0 Å². The van der Waals surface area contributed by atoms with Crippen LogP contribution in [0.15, 0.2) is 54.6 Å². The average molecular weight is 449 g/mol. The summed E-state index contributed by atoms with van der Waals surface area (Å²) in [5.74, 6) is -1.14. The molecule has 0 radical (unpaired) electrons. The number of amides is 5. The molecule has 33 heavy (non-hydrogen) atoms. The van der Waals surface area contributed by atoms with Crippen LogP contribution in [0.25, 0.3) is 0 Å². The highest BCUT2D eigenvalue weighted by Gasteiger charge is 2.51. The van der Waals surface area contributed by atoms with Gasteiger partial charge in [-0.2, -0.15) is 0 Å². The number of nitrogens with one attached hydrogen (secondary N) is 2. The molecule has 0 bridgehead atoms. The molecule has 4 rings (SSSR count). The summed E-state index contributed by atoms with van der Waals surface area (Å²) >= 11 is 0. The van der Waals surface area contributed by atoms with Gasteiger partial charge in [-0.15, -0.1) is 0 Å². The second-order valence-electron chi connectivity index (χ2n) is 8.39. The fourth-order valence-corrected chi connectivity index (χ4v) is 4.51. The van der Waals surface area contributed by atoms with Crippen molar-refractivity contribution in [1.29, 1.82) is 0 Å². The van der Waals surface area contributed by atoms with Crippen molar-refractivity contribution in [2.75, 3.05) is 25.0 Å². The number of para-hydroxylation sites is 1. The van der Waals surface area contributed by atoms with Gasteiger partial charge in [0.2, 0.25) is 5.91 Å². The number of piperidine rings is 1. The molecule has 2 saturated heterocycles. The predicted molar refractivity (Wildman–Crippen MR) is 123 cm³/mol. The van der Waals surface area contributed by atoms with Gasteiger partial charge >= 0.3 is 6.03 Å². The second-order valence-corrected chi connectivity index (χ2v) is 8.39. The van der Waals surface area contributed by atoms with Gasteiger partial charge in [-0.05, 0) is 43.4 Å². The van der Waals surface area contributed by atoms with Crippen molar-refractivity contribution in [3.63, 3.8) is 0 Å². The molecular formula is C25H28N4O4. The van der Waals surface area contributed by atoms with E-state index in [1.165, 1.54) is 0 Å². The smallest absolute Gasteiger partial charge is 0.325 e. The van der Waals surface area contributed by atoms with Gasteiger partial charge in [-0.1, -0.05) is 49.4 Å². The number of anilines is 1. The Labute approximate surface area is 192 Å². The lowest BCUT2D eigenvalue weighted by atomic mass is 9.87. The molecule has 0 aliphatic carbocycles. The van der Waals surface area contributed by atoms with E-state index in [9.17, 15) is 19.2 Å². The molecule has 8 nitrogen and oxygen atoms in total. The number of nitrogens with zero attached hydrogens (tertiary/aromatic N) is 2. The van der Waals surface area contributed by atoms with E-state index in [2.05, 4.69) is 10.6 Å². The number of likely N-dealkylation sites (tertiary alicyclic amines) is 1. The molecule has 2 heterocycles. The van der Waals surface area contributed by atoms with Crippen molar-refractivity contribution >= 4 is 29.4 Å². The second kappa shape index (κ2) is 9.44. The van der Waals surface area contributed by atoms with Crippen LogP contribution in [0, 0.1) is 0 Å². The van der Waals surface area contributed by atoms with Crippen molar-refractivity contribution in [2.24, 2.45) is 0 Å². The molecule has 2 N–H and O–H groups in total. The van der Waals surface area contributed by atoms with Crippen molar-refractivity contribution in [1.82, 2.24) is 15.1 Å². The first-order chi connectivity index (χ1) is 16.0. The number of rotatable bonds is 6. The van der Waals surface area contributed by atoms with Crippen molar-refractivity contribution in [3.8, 4) is 0 Å². The Balaban J connectivity index is 1.49. The molecule has 0 unspecified atom stereocenters. The molecule has 0 saturated carbocycles. The Morgan fingerprint density at radius 1 is 0.970 bits per heavy atom. The van der Waals surface area contributed by atoms with E-state index in [1.54, 1.807) is 53.4 Å². The van der Waals surface area contributed by atoms with Gasteiger partial charge in [-0.25, -0.2) is 4.79 Å². The maximum Gasteiger partial charge on any atom is 0.325 e. The zero-order valence-electron chi connectivity index (χ0n) is 18.7. The molecule has 2 aromatic rings. The van der Waals surface area contributed by atoms with E-state index in [-0.39, 0.29) is 5.91 Å². The molecule has 172 valence electrons. The predicted octanol–water partition coefficient (Wildman–Crippen LogP) is 3.11. The average Bonchev–Trinajstić information content (AvgIpc) is 3.10. The van der Waals surface area contributed by atoms with Gasteiger partial charge in [0, 0.05) is 13.1 Å². The van der Waals surface area contributed by atoms with Gasteiger partial charge in [0.15, 0.2) is 0 Å². The lowest BCUT2D eigenvalue weighted by Gasteiger charge is -2.27. The maximum atomic E-state index is 13.2. The molecule has 8 heteroatoms. The quantitative estimate of drug-likeness (QED) is 0.664. The normalized spacial score (nSPS) is 20.5. The number of hydrogen-bond donors (Lipinski definition) is 2. The minimum atomic E-state index is -1.19. The molecular weight excluding hydrogens is 420 g/mol. The Kier molecular flexibility index (Phi) is 6.44. The number of carbonyl (C=O) groups is 4. The van der Waals surface area contributed by atoms with Crippen molar-refractivity contribution in [2.45, 2.75) is 38.1 Å². The van der Waals surface area contributed by atoms with E-state index >= 15 is 0 Å². The molecule has 0 aromatic heterocycles. The van der Waals surface area contributed by atoms with Gasteiger partial charge < -0.3 is 15.5 Å². The molecule has 2 aliphatic rings. The van der Waals surface area contributed by atoms with Gasteiger partial charge in [0.1, 0.15) is 12.1 Å². The molecule has 2 aliphatic heterocycles. The highest BCUT2D eigenvalue weighted by atomic mass is 16.2. The van der Waals surface area contributed by atoms with Crippen LogP contribution in [0.3, 0.4) is 0 Å². The summed E-state index contributed by atoms with van der Waals surface area (Å²) in [5, 5.41) is 5.50. The summed E-state index contributed by atoms with van der Waals surface area (Å²) in [6.45, 7) is 2.77. The monoisotopic (exact) mass is 448 g/mol. The summed E-state index contributed by atoms with van der Waals surface area (Å²) in [6.07, 6.45) is 3.39. The summed E-state index contributed by atoms with van der Waals surface area (Å²) in [5.41, 5.74) is 0.249. The van der Waals surface area contributed by atoms with Crippen LogP contribution in [0.2, 0.25) is 0 Å². The maximum absolute atomic E-state index is 13.2. The molecule has 0 spiro atoms. The third-order valence-corrected chi connectivity index (χ3v) is 6.35. The summed E-state index contributed by atoms with van der Waals surface area (Å²) in [7, 11) is 0. The fraction of sp³-hybridized carbons (Fsp3) is 0.360. The Hall–Kier alpha value is -3.68. The molecule has 2 aromatic carbocycles. The summed E-state index contributed by atoms with van der Waals surface area (Å²) in [6, 6.07) is 15.2. The molecule has 5 amide bonds. The Morgan fingerprint density at radius 3 is 2.33 bits per heavy atom. The topological polar surface area (TPSA) is 98.8 Å². The van der Waals surface area contributed by atoms with E-state index < -0.39 is 29.9 Å². The highest BCUT2D eigenvalue weighted by Crippen LogP contribution is 2.32. The third-order valence-electron chi connectivity index (χ3n) is 6.35. The Morgan fingerprint density at radius 2 is 1.64 bits per heavy atom. The minimum absolute atomic E-state index is 0.130. The highest BCUT2D eigenvalue weighted by molar-refractivity contribution is 6.11. The fourth-order valence-electron chi connectivity index (χ4n) is 4.51. The van der Waals surface area contributed by atoms with Crippen molar-refractivity contribution in [3.05, 3.63) is 65.7 Å². The van der Waals surface area contributed by atoms with Crippen LogP contribution >= 0.6 is 0 Å². The van der Waals surface area contributed by atoms with E-state index in [4.69, 9.17) is 0 Å². The SMILES string of the molecule is CC[C@@]1(c2ccccc2)NC(=O)N(CC(=O)Nc2ccccc2C(=O)N2CCCCC2)C1=O. The number of carbonyl (C=O) groups excluding carboxylic acids is 4. The van der Waals surface area contributed by atoms with Crippen LogP contribution < -0.4 is 10.6 Å². The largest absolute Gasteiger partial charge is 0.339 e. The first-order valence-corrected chi connectivity index (χ1v) is 11.3. The number of imide groups is 1. The van der Waals surface area contributed by atoms with E-state index in [0.29, 0.717) is 36.3 Å². The third kappa shape index (κ3) is 4.33. The summed E-state index contributed by atoms with van der Waals surface area (Å²) < 4.78 is 0. The zero-order valence-corrected chi connectivity index (χ0v) is 18.7. The number of hydrogen-bond acceptors (Lipinski definition) is 4. The number of urea groups is 1. The van der Waals surface area contributed by atoms with Gasteiger partial charge in [0.25, 0.3) is 11.8 Å². The van der Waals surface area contributed by atoms with Gasteiger partial charge in [-0.3, -0.25) is 19.3 Å². The first-order valence-electron chi connectivity index (χ1n) is 11.3. The van der Waals surface area contributed by atoms with Gasteiger partial charge in [0.05, 0.1) is 11.3 Å². The minimum Gasteiger partial charge on any atom is -0.339 e. The zero-order chi connectivity index (χ0) is 23.4. The lowest BCUT2D eigenvalue weighted by Crippen LogP contribution is -2.44. The van der Waals surface area contributed by atoms with Crippen LogP contribution in [0.1, 0.15) is 48.5 Å². The number of benzene rings is 2. The van der Waals surface area contributed by atoms with Crippen LogP contribution in [-0.2, 0) is 15.1 Å². The van der Waals surface area contributed by atoms with Crippen molar-refractivity contribution < 1.29 is 19.2 Å². The first kappa shape index (κ1) is 22.5. The summed E-state index contributed by atoms with van der Waals surface area (Å²) in [4.78, 5) is 54.4.